The fourth-order valence-electron chi connectivity index (χ4n) is 2.10. The Balaban J connectivity index is 2.74. The van der Waals surface area contributed by atoms with E-state index in [9.17, 15) is 13.6 Å². The van der Waals surface area contributed by atoms with E-state index in [-0.39, 0.29) is 6.54 Å². The van der Waals surface area contributed by atoms with Crippen LogP contribution in [0, 0.1) is 5.41 Å². The monoisotopic (exact) mass is 207 g/mol. The second-order valence-electron chi connectivity index (χ2n) is 4.07. The molecular formula is C9H15F2NO2. The first-order valence-electron chi connectivity index (χ1n) is 4.65. The van der Waals surface area contributed by atoms with E-state index in [1.54, 1.807) is 11.9 Å². The first-order chi connectivity index (χ1) is 6.46. The van der Waals surface area contributed by atoms with Crippen LogP contribution in [-0.4, -0.2) is 42.5 Å². The van der Waals surface area contributed by atoms with Gasteiger partial charge in [0.25, 0.3) is 0 Å². The van der Waals surface area contributed by atoms with Gasteiger partial charge in [-0.3, -0.25) is 4.79 Å². The van der Waals surface area contributed by atoms with Crippen molar-refractivity contribution in [2.75, 3.05) is 20.1 Å². The molecule has 0 aromatic rings. The Morgan fingerprint density at radius 1 is 1.64 bits per heavy atom. The summed E-state index contributed by atoms with van der Waals surface area (Å²) in [5.74, 6) is -1.14. The molecule has 0 spiro atoms. The van der Waals surface area contributed by atoms with Gasteiger partial charge in [-0.05, 0) is 26.4 Å². The predicted molar refractivity (Wildman–Crippen MR) is 47.4 cm³/mol. The van der Waals surface area contributed by atoms with Gasteiger partial charge in [-0.2, -0.15) is 0 Å². The van der Waals surface area contributed by atoms with Crippen LogP contribution in [0.4, 0.5) is 8.78 Å². The molecule has 1 unspecified atom stereocenters. The summed E-state index contributed by atoms with van der Waals surface area (Å²) in [7, 11) is 1.75. The van der Waals surface area contributed by atoms with Crippen molar-refractivity contribution in [1.29, 1.82) is 0 Å². The molecule has 14 heavy (non-hydrogen) atoms. The van der Waals surface area contributed by atoms with Gasteiger partial charge in [-0.1, -0.05) is 0 Å². The maximum atomic E-state index is 12.8. The Hall–Kier alpha value is -0.710. The lowest BCUT2D eigenvalue weighted by Gasteiger charge is -2.39. The molecule has 1 fully saturated rings. The minimum absolute atomic E-state index is 0.178. The van der Waals surface area contributed by atoms with E-state index in [1.807, 2.05) is 0 Å². The largest absolute Gasteiger partial charge is 0.481 e. The van der Waals surface area contributed by atoms with Gasteiger partial charge >= 0.3 is 5.97 Å². The second kappa shape index (κ2) is 4.21. The van der Waals surface area contributed by atoms with E-state index in [0.717, 1.165) is 6.54 Å². The van der Waals surface area contributed by atoms with E-state index in [4.69, 9.17) is 5.11 Å². The number of hydrogen-bond donors (Lipinski definition) is 1. The second-order valence-corrected chi connectivity index (χ2v) is 4.07. The van der Waals surface area contributed by atoms with Crippen molar-refractivity contribution in [1.82, 2.24) is 4.90 Å². The highest BCUT2D eigenvalue weighted by molar-refractivity contribution is 5.67. The van der Waals surface area contributed by atoms with Crippen LogP contribution in [0.15, 0.2) is 0 Å². The molecule has 1 saturated heterocycles. The van der Waals surface area contributed by atoms with Crippen LogP contribution in [0.1, 0.15) is 19.3 Å². The summed E-state index contributed by atoms with van der Waals surface area (Å²) in [6.07, 6.45) is -2.04. The number of carboxylic acids is 1. The van der Waals surface area contributed by atoms with Gasteiger partial charge in [-0.15, -0.1) is 0 Å². The van der Waals surface area contributed by atoms with E-state index < -0.39 is 24.2 Å². The number of carboxylic acid groups (broad SMARTS) is 1. The Morgan fingerprint density at radius 2 is 2.29 bits per heavy atom. The third kappa shape index (κ3) is 2.41. The molecule has 82 valence electrons. The predicted octanol–water partition coefficient (Wildman–Crippen LogP) is 1.44. The molecule has 5 heteroatoms. The minimum atomic E-state index is -2.55. The molecule has 0 radical (unpaired) electrons. The molecule has 1 N–H and O–H groups in total. The Kier molecular flexibility index (Phi) is 3.42. The third-order valence-corrected chi connectivity index (χ3v) is 2.77. The highest BCUT2D eigenvalue weighted by Gasteiger charge is 2.44. The summed E-state index contributed by atoms with van der Waals surface area (Å²) in [6, 6.07) is 0. The average molecular weight is 207 g/mol. The van der Waals surface area contributed by atoms with Crippen LogP contribution >= 0.6 is 0 Å². The third-order valence-electron chi connectivity index (χ3n) is 2.77. The lowest BCUT2D eigenvalue weighted by Crippen LogP contribution is -2.46. The van der Waals surface area contributed by atoms with Crippen molar-refractivity contribution in [3.05, 3.63) is 0 Å². The first-order valence-corrected chi connectivity index (χ1v) is 4.65. The summed E-state index contributed by atoms with van der Waals surface area (Å²) in [5, 5.41) is 8.61. The normalized spacial score (nSPS) is 29.4. The molecule has 0 aromatic heterocycles. The van der Waals surface area contributed by atoms with Crippen molar-refractivity contribution in [3.8, 4) is 0 Å². The van der Waals surface area contributed by atoms with Gasteiger partial charge in [-0.25, -0.2) is 8.78 Å². The highest BCUT2D eigenvalue weighted by atomic mass is 19.3. The SMILES string of the molecule is CN1CCCC(CC(=O)O)(C(F)F)C1. The van der Waals surface area contributed by atoms with Gasteiger partial charge in [0.15, 0.2) is 0 Å². The van der Waals surface area contributed by atoms with E-state index in [0.29, 0.717) is 12.8 Å². The van der Waals surface area contributed by atoms with Gasteiger partial charge in [0, 0.05) is 6.54 Å². The summed E-state index contributed by atoms with van der Waals surface area (Å²) in [4.78, 5) is 12.3. The number of nitrogens with zero attached hydrogens (tertiary/aromatic N) is 1. The molecule has 1 atom stereocenters. The topological polar surface area (TPSA) is 40.5 Å². The van der Waals surface area contributed by atoms with E-state index >= 15 is 0 Å². The molecule has 0 amide bonds. The van der Waals surface area contributed by atoms with Crippen LogP contribution in [-0.2, 0) is 4.79 Å². The van der Waals surface area contributed by atoms with E-state index in [1.165, 1.54) is 0 Å². The van der Waals surface area contributed by atoms with Crippen molar-refractivity contribution in [3.63, 3.8) is 0 Å². The minimum Gasteiger partial charge on any atom is -0.481 e. The zero-order chi connectivity index (χ0) is 10.8. The van der Waals surface area contributed by atoms with Crippen molar-refractivity contribution in [2.24, 2.45) is 5.41 Å². The fraction of sp³-hybridized carbons (Fsp3) is 0.889. The van der Waals surface area contributed by atoms with Crippen LogP contribution in [0.3, 0.4) is 0 Å². The van der Waals surface area contributed by atoms with Crippen molar-refractivity contribution < 1.29 is 18.7 Å². The number of hydrogen-bond acceptors (Lipinski definition) is 2. The smallest absolute Gasteiger partial charge is 0.304 e. The van der Waals surface area contributed by atoms with Crippen LogP contribution in [0.2, 0.25) is 0 Å². The zero-order valence-electron chi connectivity index (χ0n) is 8.17. The Labute approximate surface area is 81.7 Å². The van der Waals surface area contributed by atoms with Crippen molar-refractivity contribution >= 4 is 5.97 Å². The summed E-state index contributed by atoms with van der Waals surface area (Å²) in [5.41, 5.74) is -1.33. The Morgan fingerprint density at radius 3 is 2.71 bits per heavy atom. The molecule has 0 bridgehead atoms. The highest BCUT2D eigenvalue weighted by Crippen LogP contribution is 2.38. The number of likely N-dealkylation sites (tertiary alicyclic amines) is 1. The number of alkyl halides is 2. The summed E-state index contributed by atoms with van der Waals surface area (Å²) >= 11 is 0. The number of piperidine rings is 1. The lowest BCUT2D eigenvalue weighted by molar-refractivity contribution is -0.146. The lowest BCUT2D eigenvalue weighted by atomic mass is 9.77. The summed E-state index contributed by atoms with van der Waals surface area (Å²) < 4.78 is 25.6. The van der Waals surface area contributed by atoms with Crippen LogP contribution < -0.4 is 0 Å². The molecule has 1 aliphatic heterocycles. The standard InChI is InChI=1S/C9H15F2NO2/c1-12-4-2-3-9(6-12,8(10)11)5-7(13)14/h8H,2-6H2,1H3,(H,13,14). The molecule has 0 saturated carbocycles. The van der Waals surface area contributed by atoms with Crippen LogP contribution in [0.5, 0.6) is 0 Å². The molecule has 1 aliphatic rings. The van der Waals surface area contributed by atoms with Crippen molar-refractivity contribution in [2.45, 2.75) is 25.7 Å². The van der Waals surface area contributed by atoms with Gasteiger partial charge < -0.3 is 10.0 Å². The van der Waals surface area contributed by atoms with Gasteiger partial charge in [0.2, 0.25) is 6.43 Å². The molecule has 3 nitrogen and oxygen atoms in total. The maximum Gasteiger partial charge on any atom is 0.304 e. The zero-order valence-corrected chi connectivity index (χ0v) is 8.17. The first kappa shape index (κ1) is 11.4. The average Bonchev–Trinajstić information content (AvgIpc) is 2.02. The van der Waals surface area contributed by atoms with Crippen LogP contribution in [0.25, 0.3) is 0 Å². The molecular weight excluding hydrogens is 192 g/mol. The number of rotatable bonds is 3. The fourth-order valence-corrected chi connectivity index (χ4v) is 2.10. The Bertz CT molecular complexity index is 223. The molecule has 0 aromatic carbocycles. The van der Waals surface area contributed by atoms with E-state index in [2.05, 4.69) is 0 Å². The summed E-state index contributed by atoms with van der Waals surface area (Å²) in [6.45, 7) is 0.949. The number of aliphatic carboxylic acids is 1. The molecule has 0 aliphatic carbocycles. The molecule has 1 heterocycles. The maximum absolute atomic E-state index is 12.8. The number of carbonyl (C=O) groups is 1. The quantitative estimate of drug-likeness (QED) is 0.761. The number of halogens is 2. The van der Waals surface area contributed by atoms with Gasteiger partial charge in [0.1, 0.15) is 0 Å². The molecule has 1 rings (SSSR count). The van der Waals surface area contributed by atoms with Gasteiger partial charge in [0.05, 0.1) is 11.8 Å².